The molecular weight excluding hydrogens is 242 g/mol. The molecule has 0 amide bonds. The highest BCUT2D eigenvalue weighted by Gasteiger charge is 2.15. The minimum absolute atomic E-state index is 0.570. The van der Waals surface area contributed by atoms with E-state index in [9.17, 15) is 0 Å². The maximum absolute atomic E-state index is 5.99. The van der Waals surface area contributed by atoms with Gasteiger partial charge in [0.15, 0.2) is 0 Å². The highest BCUT2D eigenvalue weighted by Crippen LogP contribution is 2.28. The van der Waals surface area contributed by atoms with E-state index in [1.807, 2.05) is 42.2 Å². The van der Waals surface area contributed by atoms with Crippen molar-refractivity contribution in [3.63, 3.8) is 0 Å². The molecular formula is C14H17N3S. The normalized spacial score (nSPS) is 16.9. The molecule has 0 bridgehead atoms. The molecule has 1 aromatic carbocycles. The lowest BCUT2D eigenvalue weighted by Crippen LogP contribution is -2.24. The predicted octanol–water partition coefficient (Wildman–Crippen LogP) is 3.12. The molecule has 94 valence electrons. The smallest absolute Gasteiger partial charge is 0.0953 e. The van der Waals surface area contributed by atoms with Crippen LogP contribution in [0.4, 0.5) is 11.4 Å². The number of benzene rings is 1. The van der Waals surface area contributed by atoms with Crippen molar-refractivity contribution in [3.8, 4) is 0 Å². The number of pyridine rings is 1. The van der Waals surface area contributed by atoms with Gasteiger partial charge in [0.25, 0.3) is 0 Å². The van der Waals surface area contributed by atoms with Gasteiger partial charge in [-0.25, -0.2) is 0 Å². The number of aromatic nitrogens is 1. The van der Waals surface area contributed by atoms with Crippen LogP contribution in [0, 0.1) is 0 Å². The van der Waals surface area contributed by atoms with Crippen molar-refractivity contribution >= 4 is 34.0 Å². The Bertz CT molecular complexity index is 550. The topological polar surface area (TPSA) is 50.9 Å². The number of hydrogen-bond donors (Lipinski definition) is 2. The summed E-state index contributed by atoms with van der Waals surface area (Å²) < 4.78 is 0. The Morgan fingerprint density at radius 1 is 1.22 bits per heavy atom. The van der Waals surface area contributed by atoms with E-state index < -0.39 is 0 Å². The van der Waals surface area contributed by atoms with Crippen LogP contribution in [0.2, 0.25) is 0 Å². The van der Waals surface area contributed by atoms with Crippen LogP contribution in [0.25, 0.3) is 10.9 Å². The molecule has 1 aromatic heterocycles. The summed E-state index contributed by atoms with van der Waals surface area (Å²) in [5, 5.41) is 4.65. The van der Waals surface area contributed by atoms with E-state index in [0.29, 0.717) is 6.04 Å². The fourth-order valence-corrected chi connectivity index (χ4v) is 3.48. The molecule has 3 nitrogen and oxygen atoms in total. The molecule has 1 aliphatic heterocycles. The van der Waals surface area contributed by atoms with Crippen LogP contribution in [0.5, 0.6) is 0 Å². The van der Waals surface area contributed by atoms with Crippen LogP contribution in [0.1, 0.15) is 12.8 Å². The zero-order chi connectivity index (χ0) is 12.4. The first-order chi connectivity index (χ1) is 8.84. The number of hydrogen-bond acceptors (Lipinski definition) is 4. The highest BCUT2D eigenvalue weighted by molar-refractivity contribution is 7.99. The van der Waals surface area contributed by atoms with Crippen LogP contribution in [-0.2, 0) is 0 Å². The van der Waals surface area contributed by atoms with E-state index in [1.54, 1.807) is 0 Å². The number of rotatable bonds is 2. The largest absolute Gasteiger partial charge is 0.398 e. The second-order valence-corrected chi connectivity index (χ2v) is 5.86. The van der Waals surface area contributed by atoms with Gasteiger partial charge in [-0.15, -0.1) is 0 Å². The average molecular weight is 259 g/mol. The second-order valence-electron chi connectivity index (χ2n) is 4.63. The predicted molar refractivity (Wildman–Crippen MR) is 80.1 cm³/mol. The monoisotopic (exact) mass is 259 g/mol. The number of nitrogens with one attached hydrogen (secondary N) is 1. The van der Waals surface area contributed by atoms with Gasteiger partial charge >= 0.3 is 0 Å². The third-order valence-electron chi connectivity index (χ3n) is 3.38. The van der Waals surface area contributed by atoms with Gasteiger partial charge in [-0.1, -0.05) is 0 Å². The van der Waals surface area contributed by atoms with Gasteiger partial charge in [0.05, 0.1) is 11.2 Å². The van der Waals surface area contributed by atoms with E-state index in [0.717, 1.165) is 22.3 Å². The van der Waals surface area contributed by atoms with Crippen LogP contribution in [0.3, 0.4) is 0 Å². The Hall–Kier alpha value is -1.42. The lowest BCUT2D eigenvalue weighted by atomic mass is 10.1. The van der Waals surface area contributed by atoms with Crippen molar-refractivity contribution in [3.05, 3.63) is 30.5 Å². The number of anilines is 2. The first-order valence-electron chi connectivity index (χ1n) is 6.32. The van der Waals surface area contributed by atoms with E-state index in [2.05, 4.69) is 10.3 Å². The zero-order valence-electron chi connectivity index (χ0n) is 10.2. The van der Waals surface area contributed by atoms with Crippen LogP contribution in [0.15, 0.2) is 30.5 Å². The zero-order valence-corrected chi connectivity index (χ0v) is 11.0. The fourth-order valence-electron chi connectivity index (χ4n) is 2.37. The molecule has 0 saturated carbocycles. The third-order valence-corrected chi connectivity index (χ3v) is 4.43. The molecule has 2 heterocycles. The van der Waals surface area contributed by atoms with Crippen molar-refractivity contribution in [2.45, 2.75) is 18.9 Å². The summed E-state index contributed by atoms with van der Waals surface area (Å²) in [5.74, 6) is 2.50. The van der Waals surface area contributed by atoms with Gasteiger partial charge in [-0.05, 0) is 48.6 Å². The number of fused-ring (bicyclic) bond motifs is 1. The van der Waals surface area contributed by atoms with E-state index in [1.165, 1.54) is 24.3 Å². The van der Waals surface area contributed by atoms with E-state index in [4.69, 9.17) is 5.73 Å². The number of thioether (sulfide) groups is 1. The average Bonchev–Trinajstić information content (AvgIpc) is 2.44. The summed E-state index contributed by atoms with van der Waals surface area (Å²) in [7, 11) is 0. The first-order valence-corrected chi connectivity index (χ1v) is 7.47. The molecule has 18 heavy (non-hydrogen) atoms. The van der Waals surface area contributed by atoms with Gasteiger partial charge in [-0.3, -0.25) is 4.98 Å². The highest BCUT2D eigenvalue weighted by atomic mass is 32.2. The third kappa shape index (κ3) is 2.25. The number of nitrogens with two attached hydrogens (primary N) is 1. The van der Waals surface area contributed by atoms with E-state index in [-0.39, 0.29) is 0 Å². The molecule has 0 aliphatic carbocycles. The quantitative estimate of drug-likeness (QED) is 0.814. The van der Waals surface area contributed by atoms with Crippen molar-refractivity contribution in [2.75, 3.05) is 22.6 Å². The molecule has 0 unspecified atom stereocenters. The molecule has 0 spiro atoms. The van der Waals surface area contributed by atoms with Crippen LogP contribution in [-0.4, -0.2) is 22.5 Å². The summed E-state index contributed by atoms with van der Waals surface area (Å²) in [6.45, 7) is 0. The Balaban J connectivity index is 1.94. The maximum atomic E-state index is 5.99. The first kappa shape index (κ1) is 11.7. The Kier molecular flexibility index (Phi) is 3.28. The number of nitrogen functional groups attached to an aromatic ring is 1. The summed E-state index contributed by atoms with van der Waals surface area (Å²) in [6, 6.07) is 8.54. The summed E-state index contributed by atoms with van der Waals surface area (Å²) in [4.78, 5) is 4.46. The standard InChI is InChI=1S/C14H17N3S/c15-12-3-4-13(14-11(12)2-1-7-16-14)17-10-5-8-18-9-6-10/h1-4,7,10,17H,5-6,8-9,15H2. The van der Waals surface area contributed by atoms with Crippen LogP contribution >= 0.6 is 11.8 Å². The lowest BCUT2D eigenvalue weighted by Gasteiger charge is -2.24. The summed E-state index contributed by atoms with van der Waals surface area (Å²) >= 11 is 2.04. The summed E-state index contributed by atoms with van der Waals surface area (Å²) in [5.41, 5.74) is 8.87. The minimum atomic E-state index is 0.570. The fraction of sp³-hybridized carbons (Fsp3) is 0.357. The maximum Gasteiger partial charge on any atom is 0.0953 e. The second kappa shape index (κ2) is 5.06. The molecule has 3 N–H and O–H groups in total. The number of nitrogens with zero attached hydrogens (tertiary/aromatic N) is 1. The van der Waals surface area contributed by atoms with Crippen molar-refractivity contribution in [1.82, 2.24) is 4.98 Å². The van der Waals surface area contributed by atoms with Gasteiger partial charge in [0, 0.05) is 23.3 Å². The Morgan fingerprint density at radius 3 is 2.89 bits per heavy atom. The summed E-state index contributed by atoms with van der Waals surface area (Å²) in [6.07, 6.45) is 4.27. The molecule has 3 rings (SSSR count). The molecule has 0 atom stereocenters. The Morgan fingerprint density at radius 2 is 2.06 bits per heavy atom. The molecule has 1 saturated heterocycles. The van der Waals surface area contributed by atoms with Gasteiger partial charge < -0.3 is 11.1 Å². The minimum Gasteiger partial charge on any atom is -0.398 e. The van der Waals surface area contributed by atoms with Gasteiger partial charge in [0.2, 0.25) is 0 Å². The molecule has 4 heteroatoms. The molecule has 2 aromatic rings. The molecule has 1 aliphatic rings. The van der Waals surface area contributed by atoms with Crippen molar-refractivity contribution in [2.24, 2.45) is 0 Å². The van der Waals surface area contributed by atoms with Crippen molar-refractivity contribution < 1.29 is 0 Å². The van der Waals surface area contributed by atoms with Gasteiger partial charge in [-0.2, -0.15) is 11.8 Å². The van der Waals surface area contributed by atoms with E-state index >= 15 is 0 Å². The van der Waals surface area contributed by atoms with Crippen molar-refractivity contribution in [1.29, 1.82) is 0 Å². The SMILES string of the molecule is Nc1ccc(NC2CCSCC2)c2ncccc12. The molecule has 0 radical (unpaired) electrons. The lowest BCUT2D eigenvalue weighted by molar-refractivity contribution is 0.667. The van der Waals surface area contributed by atoms with Gasteiger partial charge in [0.1, 0.15) is 0 Å². The van der Waals surface area contributed by atoms with Crippen LogP contribution < -0.4 is 11.1 Å². The molecule has 1 fully saturated rings. The Labute approximate surface area is 111 Å².